The third-order valence-corrected chi connectivity index (χ3v) is 5.43. The molecule has 164 valence electrons. The standard InChI is InChI=1S/C21H23F3N6O/c1-14-11-17(21(22,23)24)19-15(2)27-30(20(19)26-14)13-18(31)29-9-7-28(8-10-29)12-16-5-3-4-6-25-16/h3-6,11H,7-10,12-13H2,1-2H3. The Labute approximate surface area is 177 Å². The van der Waals surface area contributed by atoms with Crippen molar-refractivity contribution < 1.29 is 18.0 Å². The van der Waals surface area contributed by atoms with Gasteiger partial charge in [0.05, 0.1) is 22.3 Å². The van der Waals surface area contributed by atoms with Crippen molar-refractivity contribution >= 4 is 16.9 Å². The molecule has 0 atom stereocenters. The Kier molecular flexibility index (Phi) is 5.65. The van der Waals surface area contributed by atoms with Gasteiger partial charge in [-0.05, 0) is 32.0 Å². The highest BCUT2D eigenvalue weighted by atomic mass is 19.4. The summed E-state index contributed by atoms with van der Waals surface area (Å²) in [6.45, 7) is 6.09. The fourth-order valence-corrected chi connectivity index (χ4v) is 3.92. The van der Waals surface area contributed by atoms with Crippen LogP contribution in [0.3, 0.4) is 0 Å². The van der Waals surface area contributed by atoms with Crippen molar-refractivity contribution in [3.8, 4) is 0 Å². The minimum absolute atomic E-state index is 0.0499. The highest BCUT2D eigenvalue weighted by molar-refractivity contribution is 5.85. The van der Waals surface area contributed by atoms with Crippen LogP contribution in [0.25, 0.3) is 11.0 Å². The fraction of sp³-hybridized carbons (Fsp3) is 0.429. The van der Waals surface area contributed by atoms with Crippen LogP contribution in [0.4, 0.5) is 13.2 Å². The maximum Gasteiger partial charge on any atom is 0.417 e. The number of rotatable bonds is 4. The Morgan fingerprint density at radius 3 is 2.52 bits per heavy atom. The number of pyridine rings is 2. The van der Waals surface area contributed by atoms with E-state index in [-0.39, 0.29) is 34.9 Å². The maximum atomic E-state index is 13.5. The summed E-state index contributed by atoms with van der Waals surface area (Å²) in [5.74, 6) is -0.182. The van der Waals surface area contributed by atoms with Gasteiger partial charge in [0.25, 0.3) is 0 Å². The van der Waals surface area contributed by atoms with E-state index < -0.39 is 11.7 Å². The molecule has 0 radical (unpaired) electrons. The van der Waals surface area contributed by atoms with Gasteiger partial charge in [-0.2, -0.15) is 18.3 Å². The number of aryl methyl sites for hydroxylation is 2. The third-order valence-electron chi connectivity index (χ3n) is 5.43. The summed E-state index contributed by atoms with van der Waals surface area (Å²) < 4.78 is 41.7. The van der Waals surface area contributed by atoms with E-state index in [0.717, 1.165) is 18.3 Å². The number of alkyl halides is 3. The molecule has 31 heavy (non-hydrogen) atoms. The highest BCUT2D eigenvalue weighted by Crippen LogP contribution is 2.36. The predicted molar refractivity (Wildman–Crippen MR) is 108 cm³/mol. The smallest absolute Gasteiger partial charge is 0.339 e. The largest absolute Gasteiger partial charge is 0.417 e. The molecule has 1 saturated heterocycles. The summed E-state index contributed by atoms with van der Waals surface area (Å²) in [6, 6.07) is 6.80. The van der Waals surface area contributed by atoms with Crippen molar-refractivity contribution in [1.29, 1.82) is 0 Å². The number of carbonyl (C=O) groups excluding carboxylic acids is 1. The zero-order chi connectivity index (χ0) is 22.2. The van der Waals surface area contributed by atoms with Gasteiger partial charge in [-0.3, -0.25) is 14.7 Å². The normalized spacial score (nSPS) is 15.6. The molecule has 7 nitrogen and oxygen atoms in total. The number of fused-ring (bicyclic) bond motifs is 1. The van der Waals surface area contributed by atoms with Gasteiger partial charge in [0, 0.05) is 44.6 Å². The SMILES string of the molecule is Cc1cc(C(F)(F)F)c2c(C)nn(CC(=O)N3CCN(Cc4ccccn4)CC3)c2n1. The maximum absolute atomic E-state index is 13.5. The van der Waals surface area contributed by atoms with Gasteiger partial charge in [-0.25, -0.2) is 9.67 Å². The molecule has 0 aromatic carbocycles. The van der Waals surface area contributed by atoms with Gasteiger partial charge in [-0.15, -0.1) is 0 Å². The third kappa shape index (κ3) is 4.53. The zero-order valence-corrected chi connectivity index (χ0v) is 17.4. The molecule has 0 N–H and O–H groups in total. The second-order valence-corrected chi connectivity index (χ2v) is 7.73. The summed E-state index contributed by atoms with van der Waals surface area (Å²) >= 11 is 0. The van der Waals surface area contributed by atoms with Crippen molar-refractivity contribution in [1.82, 2.24) is 29.5 Å². The monoisotopic (exact) mass is 432 g/mol. The summed E-state index contributed by atoms with van der Waals surface area (Å²) in [5.41, 5.74) is 0.739. The lowest BCUT2D eigenvalue weighted by Crippen LogP contribution is -2.49. The van der Waals surface area contributed by atoms with E-state index in [1.54, 1.807) is 11.1 Å². The molecule has 0 saturated carbocycles. The first-order valence-electron chi connectivity index (χ1n) is 10.0. The average molecular weight is 432 g/mol. The number of carbonyl (C=O) groups is 1. The predicted octanol–water partition coefficient (Wildman–Crippen LogP) is 2.81. The number of hydrogen-bond donors (Lipinski definition) is 0. The Balaban J connectivity index is 1.46. The minimum atomic E-state index is -4.52. The molecule has 1 amide bonds. The van der Waals surface area contributed by atoms with Gasteiger partial charge in [-0.1, -0.05) is 6.07 Å². The van der Waals surface area contributed by atoms with Crippen LogP contribution in [0.2, 0.25) is 0 Å². The van der Waals surface area contributed by atoms with Crippen molar-refractivity contribution in [2.75, 3.05) is 26.2 Å². The average Bonchev–Trinajstić information content (AvgIpc) is 3.03. The first-order valence-corrected chi connectivity index (χ1v) is 10.0. The first-order chi connectivity index (χ1) is 14.7. The molecule has 0 spiro atoms. The topological polar surface area (TPSA) is 67.2 Å². The van der Waals surface area contributed by atoms with E-state index in [0.29, 0.717) is 26.2 Å². The molecular formula is C21H23F3N6O. The summed E-state index contributed by atoms with van der Waals surface area (Å²) in [6.07, 6.45) is -2.76. The fourth-order valence-electron chi connectivity index (χ4n) is 3.92. The van der Waals surface area contributed by atoms with E-state index in [1.807, 2.05) is 18.2 Å². The lowest BCUT2D eigenvalue weighted by Gasteiger charge is -2.34. The second kappa shape index (κ2) is 8.26. The first kappa shape index (κ1) is 21.2. The van der Waals surface area contributed by atoms with Gasteiger partial charge < -0.3 is 4.90 Å². The molecule has 1 aliphatic rings. The van der Waals surface area contributed by atoms with Crippen LogP contribution in [0, 0.1) is 13.8 Å². The number of aromatic nitrogens is 4. The van der Waals surface area contributed by atoms with Crippen LogP contribution in [0.15, 0.2) is 30.5 Å². The quantitative estimate of drug-likeness (QED) is 0.634. The molecule has 4 heterocycles. The van der Waals surface area contributed by atoms with Crippen LogP contribution in [0.5, 0.6) is 0 Å². The molecule has 1 fully saturated rings. The van der Waals surface area contributed by atoms with Crippen LogP contribution in [0.1, 0.15) is 22.6 Å². The Hall–Kier alpha value is -3.01. The van der Waals surface area contributed by atoms with Crippen molar-refractivity contribution in [2.45, 2.75) is 33.1 Å². The van der Waals surface area contributed by atoms with Crippen molar-refractivity contribution in [3.05, 3.63) is 53.1 Å². The summed E-state index contributed by atoms with van der Waals surface area (Å²) in [4.78, 5) is 25.3. The van der Waals surface area contributed by atoms with E-state index >= 15 is 0 Å². The van der Waals surface area contributed by atoms with E-state index in [9.17, 15) is 18.0 Å². The van der Waals surface area contributed by atoms with Gasteiger partial charge >= 0.3 is 6.18 Å². The number of amides is 1. The van der Waals surface area contributed by atoms with Crippen LogP contribution < -0.4 is 0 Å². The molecule has 1 aliphatic heterocycles. The molecule has 4 rings (SSSR count). The number of hydrogen-bond acceptors (Lipinski definition) is 5. The Morgan fingerprint density at radius 2 is 1.87 bits per heavy atom. The van der Waals surface area contributed by atoms with E-state index in [2.05, 4.69) is 20.0 Å². The highest BCUT2D eigenvalue weighted by Gasteiger charge is 2.35. The molecule has 10 heteroatoms. The minimum Gasteiger partial charge on any atom is -0.339 e. The molecular weight excluding hydrogens is 409 g/mol. The van der Waals surface area contributed by atoms with Crippen molar-refractivity contribution in [2.24, 2.45) is 0 Å². The van der Waals surface area contributed by atoms with Gasteiger partial charge in [0.1, 0.15) is 6.54 Å². The molecule has 0 unspecified atom stereocenters. The molecule has 3 aromatic heterocycles. The lowest BCUT2D eigenvalue weighted by molar-refractivity contribution is -0.136. The Morgan fingerprint density at radius 1 is 1.13 bits per heavy atom. The number of nitrogens with zero attached hydrogens (tertiary/aromatic N) is 6. The van der Waals surface area contributed by atoms with Crippen LogP contribution >= 0.6 is 0 Å². The van der Waals surface area contributed by atoms with Gasteiger partial charge in [0.15, 0.2) is 5.65 Å². The van der Waals surface area contributed by atoms with Crippen molar-refractivity contribution in [3.63, 3.8) is 0 Å². The second-order valence-electron chi connectivity index (χ2n) is 7.73. The van der Waals surface area contributed by atoms with E-state index in [4.69, 9.17) is 0 Å². The zero-order valence-electron chi connectivity index (χ0n) is 17.4. The summed E-state index contributed by atoms with van der Waals surface area (Å²) in [5, 5.41) is 4.15. The number of piperazine rings is 1. The Bertz CT molecular complexity index is 1090. The molecule has 3 aromatic rings. The molecule has 0 aliphatic carbocycles. The van der Waals surface area contributed by atoms with Gasteiger partial charge in [0.2, 0.25) is 5.91 Å². The van der Waals surface area contributed by atoms with Crippen LogP contribution in [-0.4, -0.2) is 61.6 Å². The summed E-state index contributed by atoms with van der Waals surface area (Å²) in [7, 11) is 0. The molecule has 0 bridgehead atoms. The van der Waals surface area contributed by atoms with E-state index in [1.165, 1.54) is 18.5 Å². The van der Waals surface area contributed by atoms with Crippen LogP contribution in [-0.2, 0) is 24.1 Å². The number of halogens is 3. The lowest BCUT2D eigenvalue weighted by atomic mass is 10.1.